The molecule has 0 bridgehead atoms. The van der Waals surface area contributed by atoms with E-state index >= 15 is 0 Å². The number of hydrogen-bond acceptors (Lipinski definition) is 4. The lowest BCUT2D eigenvalue weighted by Crippen LogP contribution is -2.40. The predicted molar refractivity (Wildman–Crippen MR) is 103 cm³/mol. The Kier molecular flexibility index (Phi) is 7.89. The number of rotatable bonds is 9. The summed E-state index contributed by atoms with van der Waals surface area (Å²) < 4.78 is 29.5. The Hall–Kier alpha value is -0.453. The first kappa shape index (κ1) is 21.6. The topological polar surface area (TPSA) is 44.8 Å². The fourth-order valence-corrected chi connectivity index (χ4v) is 4.63. The van der Waals surface area contributed by atoms with Gasteiger partial charge in [0.15, 0.2) is 8.32 Å². The van der Waals surface area contributed by atoms with E-state index in [2.05, 4.69) is 33.9 Å². The molecule has 0 saturated carbocycles. The maximum absolute atomic E-state index is 12.6. The summed E-state index contributed by atoms with van der Waals surface area (Å²) in [5.41, 5.74) is 2.09. The van der Waals surface area contributed by atoms with Crippen LogP contribution in [0.25, 0.3) is 0 Å². The Balaban J connectivity index is 2.71. The SMILES string of the molecule is CCOP(=O)(Cc1ccc(CO[Si](C)(C)C(C)(C)C)cc1)OCC. The highest BCUT2D eigenvalue weighted by Gasteiger charge is 2.37. The van der Waals surface area contributed by atoms with Gasteiger partial charge in [-0.05, 0) is 43.1 Å². The van der Waals surface area contributed by atoms with Gasteiger partial charge in [0, 0.05) is 0 Å². The molecule has 0 spiro atoms. The van der Waals surface area contributed by atoms with Crippen LogP contribution in [0.4, 0.5) is 0 Å². The summed E-state index contributed by atoms with van der Waals surface area (Å²) in [6.45, 7) is 16.3. The third-order valence-corrected chi connectivity index (χ3v) is 11.0. The highest BCUT2D eigenvalue weighted by atomic mass is 31.2. The zero-order chi connectivity index (χ0) is 18.4. The van der Waals surface area contributed by atoms with E-state index in [4.69, 9.17) is 13.5 Å². The molecule has 1 aromatic carbocycles. The number of benzene rings is 1. The van der Waals surface area contributed by atoms with Gasteiger partial charge in [-0.25, -0.2) is 0 Å². The molecule has 0 aliphatic heterocycles. The van der Waals surface area contributed by atoms with Gasteiger partial charge in [-0.2, -0.15) is 0 Å². The van der Waals surface area contributed by atoms with Crippen LogP contribution in [0.1, 0.15) is 45.7 Å². The normalized spacial score (nSPS) is 13.3. The lowest BCUT2D eigenvalue weighted by atomic mass is 10.2. The van der Waals surface area contributed by atoms with Crippen molar-refractivity contribution in [3.8, 4) is 0 Å². The third kappa shape index (κ3) is 6.45. The quantitative estimate of drug-likeness (QED) is 0.395. The van der Waals surface area contributed by atoms with Crippen LogP contribution in [-0.2, 0) is 30.8 Å². The summed E-state index contributed by atoms with van der Waals surface area (Å²) in [5.74, 6) is 0. The Bertz CT molecular complexity index is 539. The second-order valence-corrected chi connectivity index (χ2v) is 14.3. The van der Waals surface area contributed by atoms with Gasteiger partial charge in [0.1, 0.15) is 0 Å². The molecule has 0 N–H and O–H groups in total. The summed E-state index contributed by atoms with van der Waals surface area (Å²) in [6.07, 6.45) is 0.304. The smallest absolute Gasteiger partial charge is 0.335 e. The number of hydrogen-bond donors (Lipinski definition) is 0. The lowest BCUT2D eigenvalue weighted by Gasteiger charge is -2.36. The monoisotopic (exact) mass is 372 g/mol. The first-order valence-corrected chi connectivity index (χ1v) is 13.3. The van der Waals surface area contributed by atoms with E-state index < -0.39 is 15.9 Å². The zero-order valence-corrected chi connectivity index (χ0v) is 18.1. The minimum Gasteiger partial charge on any atom is -0.413 e. The van der Waals surface area contributed by atoms with Crippen LogP contribution in [-0.4, -0.2) is 21.5 Å². The molecule has 0 aromatic heterocycles. The molecule has 0 saturated heterocycles. The minimum atomic E-state index is -3.04. The molecule has 0 atom stereocenters. The van der Waals surface area contributed by atoms with E-state index in [0.717, 1.165) is 11.1 Å². The van der Waals surface area contributed by atoms with E-state index in [0.29, 0.717) is 26.0 Å². The molecule has 1 rings (SSSR count). The summed E-state index contributed by atoms with van der Waals surface area (Å²) >= 11 is 0. The summed E-state index contributed by atoms with van der Waals surface area (Å²) in [4.78, 5) is 0. The minimum absolute atomic E-state index is 0.203. The molecule has 24 heavy (non-hydrogen) atoms. The molecule has 0 aliphatic carbocycles. The van der Waals surface area contributed by atoms with Crippen molar-refractivity contribution in [3.05, 3.63) is 35.4 Å². The van der Waals surface area contributed by atoms with E-state index in [1.165, 1.54) is 0 Å². The molecule has 0 radical (unpaired) electrons. The Morgan fingerprint density at radius 3 is 1.83 bits per heavy atom. The fraction of sp³-hybridized carbons (Fsp3) is 0.667. The van der Waals surface area contributed by atoms with E-state index in [-0.39, 0.29) is 5.04 Å². The van der Waals surface area contributed by atoms with E-state index in [1.54, 1.807) is 0 Å². The van der Waals surface area contributed by atoms with Gasteiger partial charge >= 0.3 is 7.60 Å². The van der Waals surface area contributed by atoms with Crippen molar-refractivity contribution in [3.63, 3.8) is 0 Å². The van der Waals surface area contributed by atoms with Crippen LogP contribution in [0.3, 0.4) is 0 Å². The van der Waals surface area contributed by atoms with Crippen LogP contribution in [0, 0.1) is 0 Å². The molecule has 1 aromatic rings. The van der Waals surface area contributed by atoms with Gasteiger partial charge in [-0.1, -0.05) is 45.0 Å². The largest absolute Gasteiger partial charge is 0.413 e. The van der Waals surface area contributed by atoms with Crippen LogP contribution in [0.15, 0.2) is 24.3 Å². The van der Waals surface area contributed by atoms with Crippen molar-refractivity contribution in [1.82, 2.24) is 0 Å². The first-order valence-electron chi connectivity index (χ1n) is 8.63. The third-order valence-electron chi connectivity index (χ3n) is 4.46. The molecule has 0 aliphatic rings. The average Bonchev–Trinajstić information content (AvgIpc) is 2.45. The lowest BCUT2D eigenvalue weighted by molar-refractivity contribution is 0.219. The van der Waals surface area contributed by atoms with Crippen LogP contribution >= 0.6 is 7.60 Å². The molecule has 0 heterocycles. The van der Waals surface area contributed by atoms with Crippen LogP contribution in [0.2, 0.25) is 18.1 Å². The van der Waals surface area contributed by atoms with Gasteiger partial charge in [0.25, 0.3) is 0 Å². The van der Waals surface area contributed by atoms with Gasteiger partial charge in [0.05, 0.1) is 26.0 Å². The van der Waals surface area contributed by atoms with Gasteiger partial charge < -0.3 is 13.5 Å². The Labute approximate surface area is 148 Å². The fourth-order valence-electron chi connectivity index (χ4n) is 1.97. The Morgan fingerprint density at radius 2 is 1.42 bits per heavy atom. The highest BCUT2D eigenvalue weighted by Crippen LogP contribution is 2.51. The van der Waals surface area contributed by atoms with Crippen LogP contribution < -0.4 is 0 Å². The predicted octanol–water partition coefficient (Wildman–Crippen LogP) is 5.97. The molecular weight excluding hydrogens is 339 g/mol. The molecule has 6 heteroatoms. The molecule has 4 nitrogen and oxygen atoms in total. The summed E-state index contributed by atoms with van der Waals surface area (Å²) in [5, 5.41) is 0.203. The van der Waals surface area contributed by atoms with Crippen LogP contribution in [0.5, 0.6) is 0 Å². The second kappa shape index (κ2) is 8.77. The highest BCUT2D eigenvalue weighted by molar-refractivity contribution is 7.53. The standard InChI is InChI=1S/C18H33O4PSi/c1-8-20-23(19,21-9-2)15-17-12-10-16(11-13-17)14-22-24(6,7)18(3,4)5/h10-13H,8-9,14-15H2,1-7H3. The second-order valence-electron chi connectivity index (χ2n) is 7.47. The molecular formula is C18H33O4PSi. The first-order chi connectivity index (χ1) is 11.0. The van der Waals surface area contributed by atoms with Crippen molar-refractivity contribution < 1.29 is 18.0 Å². The molecule has 0 amide bonds. The Morgan fingerprint density at radius 1 is 0.958 bits per heavy atom. The molecule has 0 unspecified atom stereocenters. The average molecular weight is 373 g/mol. The summed E-state index contributed by atoms with van der Waals surface area (Å²) in [6, 6.07) is 8.03. The maximum Gasteiger partial charge on any atom is 0.335 e. The van der Waals surface area contributed by atoms with E-state index in [9.17, 15) is 4.57 Å². The summed E-state index contributed by atoms with van der Waals surface area (Å²) in [7, 11) is -4.79. The molecule has 138 valence electrons. The molecule has 0 fully saturated rings. The van der Waals surface area contributed by atoms with Crippen molar-refractivity contribution in [1.29, 1.82) is 0 Å². The van der Waals surface area contributed by atoms with Gasteiger partial charge in [-0.3, -0.25) is 4.57 Å². The maximum atomic E-state index is 12.6. The zero-order valence-electron chi connectivity index (χ0n) is 16.2. The van der Waals surface area contributed by atoms with E-state index in [1.807, 2.05) is 38.1 Å². The van der Waals surface area contributed by atoms with Crippen molar-refractivity contribution in [2.45, 2.75) is 65.5 Å². The van der Waals surface area contributed by atoms with Crippen molar-refractivity contribution in [2.24, 2.45) is 0 Å². The van der Waals surface area contributed by atoms with Crippen molar-refractivity contribution >= 4 is 15.9 Å². The van der Waals surface area contributed by atoms with Gasteiger partial charge in [-0.15, -0.1) is 0 Å². The van der Waals surface area contributed by atoms with Crippen molar-refractivity contribution in [2.75, 3.05) is 13.2 Å². The van der Waals surface area contributed by atoms with Gasteiger partial charge in [0.2, 0.25) is 0 Å².